The lowest BCUT2D eigenvalue weighted by Gasteiger charge is -2.23. The van der Waals surface area contributed by atoms with E-state index in [4.69, 9.17) is 0 Å². The third-order valence-electron chi connectivity index (χ3n) is 5.63. The van der Waals surface area contributed by atoms with Crippen LogP contribution in [0.1, 0.15) is 21.6 Å². The summed E-state index contributed by atoms with van der Waals surface area (Å²) in [6.45, 7) is -0.137. The standard InChI is InChI=1S/C24H18F6N4O3S/c25-23(26,27)15-9-16(24(28,29)30)11-17(10-15)32-22(35)33(13-18-5-6-21(38-18)34(36)37)8-7-14-12-31-20-4-2-1-3-19(14)20/h1-6,9-12,31H,7-8,13H2,(H,32,35). The molecular weight excluding hydrogens is 538 g/mol. The number of alkyl halides is 6. The van der Waals surface area contributed by atoms with Crippen molar-refractivity contribution in [2.75, 3.05) is 11.9 Å². The Kier molecular flexibility index (Phi) is 7.35. The van der Waals surface area contributed by atoms with E-state index in [9.17, 15) is 41.3 Å². The Labute approximate surface area is 214 Å². The third kappa shape index (κ3) is 6.25. The van der Waals surface area contributed by atoms with Crippen LogP contribution in [0.2, 0.25) is 0 Å². The normalized spacial score (nSPS) is 12.1. The summed E-state index contributed by atoms with van der Waals surface area (Å²) in [5.41, 5.74) is -2.15. The summed E-state index contributed by atoms with van der Waals surface area (Å²) in [5.74, 6) is 0. The Morgan fingerprint density at radius 2 is 1.66 bits per heavy atom. The number of hydrogen-bond donors (Lipinski definition) is 2. The van der Waals surface area contributed by atoms with Crippen molar-refractivity contribution in [3.63, 3.8) is 0 Å². The highest BCUT2D eigenvalue weighted by Gasteiger charge is 2.37. The van der Waals surface area contributed by atoms with E-state index in [0.29, 0.717) is 23.4 Å². The van der Waals surface area contributed by atoms with Crippen LogP contribution >= 0.6 is 11.3 Å². The number of carbonyl (C=O) groups excluding carboxylic acids is 1. The minimum absolute atomic E-state index is 0.0183. The van der Waals surface area contributed by atoms with Crippen LogP contribution in [0.3, 0.4) is 0 Å². The van der Waals surface area contributed by atoms with Gasteiger partial charge in [-0.3, -0.25) is 10.1 Å². The van der Waals surface area contributed by atoms with Crippen molar-refractivity contribution in [1.29, 1.82) is 0 Å². The van der Waals surface area contributed by atoms with Gasteiger partial charge >= 0.3 is 23.4 Å². The molecule has 38 heavy (non-hydrogen) atoms. The first kappa shape index (κ1) is 27.0. The summed E-state index contributed by atoms with van der Waals surface area (Å²) < 4.78 is 79.5. The monoisotopic (exact) mass is 556 g/mol. The second-order valence-electron chi connectivity index (χ2n) is 8.25. The summed E-state index contributed by atoms with van der Waals surface area (Å²) in [4.78, 5) is 28.2. The molecule has 0 aliphatic rings. The minimum Gasteiger partial charge on any atom is -0.361 e. The zero-order valence-electron chi connectivity index (χ0n) is 19.2. The van der Waals surface area contributed by atoms with Crippen LogP contribution in [-0.2, 0) is 25.3 Å². The van der Waals surface area contributed by atoms with E-state index in [-0.39, 0.29) is 24.2 Å². The molecule has 0 bridgehead atoms. The highest BCUT2D eigenvalue weighted by Crippen LogP contribution is 2.37. The number of anilines is 1. The van der Waals surface area contributed by atoms with Gasteiger partial charge in [-0.25, -0.2) is 4.79 Å². The molecule has 0 atom stereocenters. The van der Waals surface area contributed by atoms with Crippen LogP contribution in [0, 0.1) is 10.1 Å². The van der Waals surface area contributed by atoms with Gasteiger partial charge in [0.05, 0.1) is 22.6 Å². The molecule has 2 aromatic heterocycles. The Bertz CT molecular complexity index is 1450. The molecule has 0 unspecified atom stereocenters. The summed E-state index contributed by atoms with van der Waals surface area (Å²) in [6, 6.07) is 9.87. The summed E-state index contributed by atoms with van der Waals surface area (Å²) in [5, 5.41) is 13.9. The molecule has 2 heterocycles. The van der Waals surface area contributed by atoms with Gasteiger partial charge in [-0.1, -0.05) is 29.5 Å². The molecule has 14 heteroatoms. The molecule has 200 valence electrons. The number of nitro groups is 1. The van der Waals surface area contributed by atoms with Crippen molar-refractivity contribution in [2.45, 2.75) is 25.3 Å². The minimum atomic E-state index is -5.08. The van der Waals surface area contributed by atoms with Crippen LogP contribution in [-0.4, -0.2) is 27.4 Å². The largest absolute Gasteiger partial charge is 0.416 e. The van der Waals surface area contributed by atoms with Crippen molar-refractivity contribution < 1.29 is 36.1 Å². The van der Waals surface area contributed by atoms with Crippen molar-refractivity contribution in [1.82, 2.24) is 9.88 Å². The van der Waals surface area contributed by atoms with E-state index in [0.717, 1.165) is 27.8 Å². The summed E-state index contributed by atoms with van der Waals surface area (Å²) >= 11 is 0.806. The number of aromatic nitrogens is 1. The van der Waals surface area contributed by atoms with Crippen molar-refractivity contribution in [3.05, 3.63) is 92.5 Å². The second kappa shape index (κ2) is 10.4. The van der Waals surface area contributed by atoms with E-state index >= 15 is 0 Å². The number of thiophene rings is 1. The van der Waals surface area contributed by atoms with Crippen LogP contribution in [0.4, 0.5) is 41.8 Å². The lowest BCUT2D eigenvalue weighted by Crippen LogP contribution is -2.36. The van der Waals surface area contributed by atoms with Crippen LogP contribution in [0.25, 0.3) is 10.9 Å². The van der Waals surface area contributed by atoms with Gasteiger partial charge in [-0.15, -0.1) is 0 Å². The highest BCUT2D eigenvalue weighted by molar-refractivity contribution is 7.15. The fourth-order valence-electron chi connectivity index (χ4n) is 3.81. The first-order valence-corrected chi connectivity index (χ1v) is 11.8. The number of nitrogens with zero attached hydrogens (tertiary/aromatic N) is 2. The summed E-state index contributed by atoms with van der Waals surface area (Å²) in [6.07, 6.45) is -8.13. The molecule has 4 rings (SSSR count). The topological polar surface area (TPSA) is 91.3 Å². The maximum atomic E-state index is 13.2. The Morgan fingerprint density at radius 1 is 1.00 bits per heavy atom. The molecule has 0 radical (unpaired) electrons. The van der Waals surface area contributed by atoms with E-state index < -0.39 is 40.1 Å². The lowest BCUT2D eigenvalue weighted by molar-refractivity contribution is -0.380. The van der Waals surface area contributed by atoms with Crippen LogP contribution in [0.5, 0.6) is 0 Å². The molecule has 7 nitrogen and oxygen atoms in total. The van der Waals surface area contributed by atoms with Crippen molar-refractivity contribution >= 4 is 39.0 Å². The molecule has 0 aliphatic carbocycles. The van der Waals surface area contributed by atoms with Gasteiger partial charge in [-0.05, 0) is 42.3 Å². The lowest BCUT2D eigenvalue weighted by atomic mass is 10.1. The van der Waals surface area contributed by atoms with Crippen molar-refractivity contribution in [2.24, 2.45) is 0 Å². The van der Waals surface area contributed by atoms with Gasteiger partial charge in [0.25, 0.3) is 0 Å². The predicted octanol–water partition coefficient (Wildman–Crippen LogP) is 7.45. The average Bonchev–Trinajstić information content (AvgIpc) is 3.47. The maximum Gasteiger partial charge on any atom is 0.416 e. The van der Waals surface area contributed by atoms with Crippen LogP contribution in [0.15, 0.2) is 60.8 Å². The number of nitrogens with one attached hydrogen (secondary N) is 2. The number of halogens is 6. The summed E-state index contributed by atoms with van der Waals surface area (Å²) in [7, 11) is 0. The number of H-pyrrole nitrogens is 1. The number of para-hydroxylation sites is 1. The van der Waals surface area contributed by atoms with Gasteiger partial charge in [0.2, 0.25) is 0 Å². The molecule has 2 amide bonds. The fourth-order valence-corrected chi connectivity index (χ4v) is 4.65. The number of carbonyl (C=O) groups is 1. The average molecular weight is 556 g/mol. The molecule has 2 aromatic carbocycles. The first-order valence-electron chi connectivity index (χ1n) is 10.9. The number of urea groups is 1. The van der Waals surface area contributed by atoms with Gasteiger partial charge in [0.1, 0.15) is 0 Å². The molecule has 0 fully saturated rings. The van der Waals surface area contributed by atoms with Gasteiger partial charge in [0, 0.05) is 40.3 Å². The van der Waals surface area contributed by atoms with Gasteiger partial charge < -0.3 is 15.2 Å². The number of rotatable bonds is 7. The number of benzene rings is 2. The molecule has 4 aromatic rings. The maximum absolute atomic E-state index is 13.2. The zero-order valence-corrected chi connectivity index (χ0v) is 20.0. The second-order valence-corrected chi connectivity index (χ2v) is 9.40. The van der Waals surface area contributed by atoms with Crippen LogP contribution < -0.4 is 5.32 Å². The molecule has 2 N–H and O–H groups in total. The quantitative estimate of drug-likeness (QED) is 0.141. The van der Waals surface area contributed by atoms with Gasteiger partial charge in [-0.2, -0.15) is 26.3 Å². The van der Waals surface area contributed by atoms with E-state index in [1.165, 1.54) is 17.0 Å². The Hall–Kier alpha value is -4.07. The SMILES string of the molecule is O=C(Nc1cc(C(F)(F)F)cc(C(F)(F)F)c1)N(CCc1c[nH]c2ccccc12)Cc1ccc([N+](=O)[O-])s1. The fraction of sp³-hybridized carbons (Fsp3) is 0.208. The smallest absolute Gasteiger partial charge is 0.361 e. The Morgan fingerprint density at radius 3 is 2.26 bits per heavy atom. The molecule has 0 aliphatic heterocycles. The molecular formula is C24H18F6N4O3S. The number of hydrogen-bond acceptors (Lipinski definition) is 4. The number of aromatic amines is 1. The third-order valence-corrected chi connectivity index (χ3v) is 6.65. The highest BCUT2D eigenvalue weighted by atomic mass is 32.1. The van der Waals surface area contributed by atoms with Crippen molar-refractivity contribution in [3.8, 4) is 0 Å². The van der Waals surface area contributed by atoms with E-state index in [1.807, 2.05) is 24.3 Å². The number of amides is 2. The molecule has 0 spiro atoms. The first-order chi connectivity index (χ1) is 17.8. The van der Waals surface area contributed by atoms with E-state index in [2.05, 4.69) is 10.3 Å². The van der Waals surface area contributed by atoms with E-state index in [1.54, 1.807) is 6.20 Å². The molecule has 0 saturated carbocycles. The Balaban J connectivity index is 1.61. The van der Waals surface area contributed by atoms with Gasteiger partial charge in [0.15, 0.2) is 0 Å². The number of fused-ring (bicyclic) bond motifs is 1. The molecule has 0 saturated heterocycles. The predicted molar refractivity (Wildman–Crippen MR) is 129 cm³/mol. The zero-order chi connectivity index (χ0) is 27.7.